The predicted molar refractivity (Wildman–Crippen MR) is 59.5 cm³/mol. The van der Waals surface area contributed by atoms with E-state index >= 15 is 0 Å². The summed E-state index contributed by atoms with van der Waals surface area (Å²) in [6, 6.07) is 9.70. The fourth-order valence-electron chi connectivity index (χ4n) is 1.73. The third-order valence-corrected chi connectivity index (χ3v) is 2.56. The number of carbonyl (C=O) groups is 2. The molecule has 0 radical (unpaired) electrons. The molecule has 1 aliphatic rings. The lowest BCUT2D eigenvalue weighted by atomic mass is 10.2. The zero-order chi connectivity index (χ0) is 11.4. The van der Waals surface area contributed by atoms with Gasteiger partial charge in [-0.3, -0.25) is 9.59 Å². The quantitative estimate of drug-likeness (QED) is 0.787. The van der Waals surface area contributed by atoms with Crippen LogP contribution >= 0.6 is 0 Å². The summed E-state index contributed by atoms with van der Waals surface area (Å²) in [4.78, 5) is 24.6. The molecule has 1 saturated heterocycles. The van der Waals surface area contributed by atoms with Crippen LogP contribution in [-0.2, 0) is 16.1 Å². The number of benzene rings is 1. The average Bonchev–Trinajstić information content (AvgIpc) is 2.43. The Hall–Kier alpha value is -1.84. The van der Waals surface area contributed by atoms with E-state index in [4.69, 9.17) is 0 Å². The molecule has 1 aliphatic heterocycles. The first-order valence-corrected chi connectivity index (χ1v) is 5.34. The van der Waals surface area contributed by atoms with Crippen molar-refractivity contribution in [3.63, 3.8) is 0 Å². The van der Waals surface area contributed by atoms with Gasteiger partial charge in [0.05, 0.1) is 6.54 Å². The van der Waals surface area contributed by atoms with Crippen LogP contribution in [0.1, 0.15) is 12.0 Å². The van der Waals surface area contributed by atoms with Crippen LogP contribution in [0.15, 0.2) is 30.3 Å². The van der Waals surface area contributed by atoms with Gasteiger partial charge in [-0.15, -0.1) is 0 Å². The van der Waals surface area contributed by atoms with Gasteiger partial charge in [-0.2, -0.15) is 0 Å². The third-order valence-electron chi connectivity index (χ3n) is 2.56. The maximum absolute atomic E-state index is 11.7. The highest BCUT2D eigenvalue weighted by atomic mass is 16.2. The summed E-state index contributed by atoms with van der Waals surface area (Å²) in [7, 11) is 0. The molecule has 1 aromatic carbocycles. The van der Waals surface area contributed by atoms with Gasteiger partial charge in [0.15, 0.2) is 0 Å². The molecular weight excluding hydrogens is 204 g/mol. The molecule has 4 nitrogen and oxygen atoms in total. The second kappa shape index (κ2) is 4.79. The van der Waals surface area contributed by atoms with Crippen molar-refractivity contribution in [3.05, 3.63) is 35.9 Å². The summed E-state index contributed by atoms with van der Waals surface area (Å²) in [5, 5.41) is 2.69. The molecule has 4 heteroatoms. The van der Waals surface area contributed by atoms with Gasteiger partial charge in [0, 0.05) is 19.5 Å². The van der Waals surface area contributed by atoms with Crippen LogP contribution in [0.3, 0.4) is 0 Å². The first kappa shape index (κ1) is 10.7. The molecule has 2 rings (SSSR count). The standard InChI is InChI=1S/C12H14N2O2/c15-11-9-14(12(16)6-7-13-11)8-10-4-2-1-3-5-10/h1-5H,6-9H2,(H,13,15). The van der Waals surface area contributed by atoms with E-state index in [0.29, 0.717) is 19.5 Å². The minimum absolute atomic E-state index is 0.0298. The van der Waals surface area contributed by atoms with Crippen molar-refractivity contribution in [2.24, 2.45) is 0 Å². The largest absolute Gasteiger partial charge is 0.354 e. The second-order valence-corrected chi connectivity index (χ2v) is 3.84. The maximum Gasteiger partial charge on any atom is 0.239 e. The number of nitrogens with one attached hydrogen (secondary N) is 1. The zero-order valence-corrected chi connectivity index (χ0v) is 8.98. The van der Waals surface area contributed by atoms with Crippen molar-refractivity contribution in [2.45, 2.75) is 13.0 Å². The molecule has 0 saturated carbocycles. The lowest BCUT2D eigenvalue weighted by Crippen LogP contribution is -2.35. The van der Waals surface area contributed by atoms with Gasteiger partial charge >= 0.3 is 0 Å². The first-order valence-electron chi connectivity index (χ1n) is 5.34. The minimum Gasteiger partial charge on any atom is -0.354 e. The molecule has 1 N–H and O–H groups in total. The van der Waals surface area contributed by atoms with Crippen molar-refractivity contribution >= 4 is 11.8 Å². The second-order valence-electron chi connectivity index (χ2n) is 3.84. The highest BCUT2D eigenvalue weighted by Gasteiger charge is 2.20. The summed E-state index contributed by atoms with van der Waals surface area (Å²) >= 11 is 0. The Bertz CT molecular complexity index is 389. The van der Waals surface area contributed by atoms with E-state index in [9.17, 15) is 9.59 Å². The molecule has 16 heavy (non-hydrogen) atoms. The summed E-state index contributed by atoms with van der Waals surface area (Å²) in [6.45, 7) is 1.11. The van der Waals surface area contributed by atoms with E-state index in [1.165, 1.54) is 0 Å². The van der Waals surface area contributed by atoms with Gasteiger partial charge in [-0.25, -0.2) is 0 Å². The Kier molecular flexibility index (Phi) is 3.19. The van der Waals surface area contributed by atoms with E-state index in [2.05, 4.69) is 5.32 Å². The SMILES string of the molecule is O=C1CN(Cc2ccccc2)C(=O)CCN1. The zero-order valence-electron chi connectivity index (χ0n) is 8.98. The Morgan fingerprint density at radius 3 is 2.69 bits per heavy atom. The normalized spacial score (nSPS) is 16.9. The smallest absolute Gasteiger partial charge is 0.239 e. The number of hydrogen-bond donors (Lipinski definition) is 1. The maximum atomic E-state index is 11.7. The lowest BCUT2D eigenvalue weighted by Gasteiger charge is -2.19. The van der Waals surface area contributed by atoms with Crippen LogP contribution in [-0.4, -0.2) is 29.8 Å². The van der Waals surface area contributed by atoms with Gasteiger partial charge in [-0.05, 0) is 5.56 Å². The van der Waals surface area contributed by atoms with Gasteiger partial charge in [-0.1, -0.05) is 30.3 Å². The molecule has 0 atom stereocenters. The van der Waals surface area contributed by atoms with E-state index in [-0.39, 0.29) is 18.4 Å². The monoisotopic (exact) mass is 218 g/mol. The van der Waals surface area contributed by atoms with Crippen LogP contribution in [0.2, 0.25) is 0 Å². The van der Waals surface area contributed by atoms with Crippen molar-refractivity contribution in [3.8, 4) is 0 Å². The van der Waals surface area contributed by atoms with Crippen LogP contribution in [0.5, 0.6) is 0 Å². The Labute approximate surface area is 94.2 Å². The van der Waals surface area contributed by atoms with Gasteiger partial charge in [0.25, 0.3) is 0 Å². The Morgan fingerprint density at radius 1 is 1.19 bits per heavy atom. The summed E-state index contributed by atoms with van der Waals surface area (Å²) in [5.41, 5.74) is 1.05. The average molecular weight is 218 g/mol. The van der Waals surface area contributed by atoms with Crippen LogP contribution in [0, 0.1) is 0 Å². The molecule has 0 aromatic heterocycles. The first-order chi connectivity index (χ1) is 7.75. The molecule has 2 amide bonds. The highest BCUT2D eigenvalue weighted by molar-refractivity contribution is 5.87. The number of hydrogen-bond acceptors (Lipinski definition) is 2. The van der Waals surface area contributed by atoms with Gasteiger partial charge in [0.1, 0.15) is 0 Å². The molecule has 0 bridgehead atoms. The molecule has 1 fully saturated rings. The van der Waals surface area contributed by atoms with Crippen molar-refractivity contribution in [1.82, 2.24) is 10.2 Å². The Balaban J connectivity index is 2.07. The fourth-order valence-corrected chi connectivity index (χ4v) is 1.73. The molecule has 0 unspecified atom stereocenters. The number of rotatable bonds is 2. The van der Waals surface area contributed by atoms with E-state index < -0.39 is 0 Å². The highest BCUT2D eigenvalue weighted by Crippen LogP contribution is 2.07. The van der Waals surface area contributed by atoms with Crippen LogP contribution in [0.25, 0.3) is 0 Å². The van der Waals surface area contributed by atoms with Crippen molar-refractivity contribution in [2.75, 3.05) is 13.1 Å². The Morgan fingerprint density at radius 2 is 1.94 bits per heavy atom. The third kappa shape index (κ3) is 2.59. The lowest BCUT2D eigenvalue weighted by molar-refractivity contribution is -0.134. The molecule has 84 valence electrons. The number of amides is 2. The van der Waals surface area contributed by atoms with Gasteiger partial charge in [0.2, 0.25) is 11.8 Å². The molecule has 1 heterocycles. The van der Waals surface area contributed by atoms with Crippen LogP contribution in [0.4, 0.5) is 0 Å². The topological polar surface area (TPSA) is 49.4 Å². The fraction of sp³-hybridized carbons (Fsp3) is 0.333. The number of nitrogens with zero attached hydrogens (tertiary/aromatic N) is 1. The van der Waals surface area contributed by atoms with E-state index in [1.807, 2.05) is 30.3 Å². The molecule has 0 aliphatic carbocycles. The molecule has 1 aromatic rings. The molecular formula is C12H14N2O2. The summed E-state index contributed by atoms with van der Waals surface area (Å²) in [6.07, 6.45) is 0.387. The summed E-state index contributed by atoms with van der Waals surface area (Å²) < 4.78 is 0. The summed E-state index contributed by atoms with van der Waals surface area (Å²) in [5.74, 6) is -0.0519. The van der Waals surface area contributed by atoms with Crippen LogP contribution < -0.4 is 5.32 Å². The van der Waals surface area contributed by atoms with Gasteiger partial charge < -0.3 is 10.2 Å². The van der Waals surface area contributed by atoms with Crippen molar-refractivity contribution in [1.29, 1.82) is 0 Å². The predicted octanol–water partition coefficient (Wildman–Crippen LogP) is 0.535. The van der Waals surface area contributed by atoms with E-state index in [0.717, 1.165) is 5.56 Å². The number of carbonyl (C=O) groups excluding carboxylic acids is 2. The minimum atomic E-state index is -0.0817. The van der Waals surface area contributed by atoms with Crippen molar-refractivity contribution < 1.29 is 9.59 Å². The van der Waals surface area contributed by atoms with E-state index in [1.54, 1.807) is 4.90 Å². The molecule has 0 spiro atoms.